The monoisotopic (exact) mass is 202 g/mol. The van der Waals surface area contributed by atoms with Gasteiger partial charge in [-0.05, 0) is 0 Å². The number of aldehydes is 1. The van der Waals surface area contributed by atoms with Gasteiger partial charge in [0.15, 0.2) is 29.6 Å². The molecule has 0 aromatic heterocycles. The minimum absolute atomic E-state index is 0.322. The Balaban J connectivity index is 3.74. The van der Waals surface area contributed by atoms with Crippen LogP contribution in [0.25, 0.3) is 0 Å². The van der Waals surface area contributed by atoms with Crippen molar-refractivity contribution in [1.82, 2.24) is 0 Å². The lowest BCUT2D eigenvalue weighted by Gasteiger charge is -2.03. The number of halogens is 4. The normalized spacial score (nSPS) is 9.64. The van der Waals surface area contributed by atoms with Gasteiger partial charge in [-0.2, -0.15) is 0 Å². The van der Waals surface area contributed by atoms with Crippen LogP contribution in [0.2, 0.25) is 0 Å². The Bertz CT molecular complexity index is 416. The maximum atomic E-state index is 12.8. The minimum atomic E-state index is -1.79. The molecule has 1 aromatic rings. The highest BCUT2D eigenvalue weighted by atomic mass is 19.2. The van der Waals surface area contributed by atoms with Gasteiger partial charge in [0, 0.05) is 0 Å². The van der Waals surface area contributed by atoms with Crippen molar-refractivity contribution in [2.24, 2.45) is 0 Å². The Kier molecular flexibility index (Phi) is 2.56. The van der Waals surface area contributed by atoms with E-state index in [9.17, 15) is 22.4 Å². The molecule has 0 aliphatic rings. The van der Waals surface area contributed by atoms with Gasteiger partial charge < -0.3 is 0 Å². The lowest BCUT2D eigenvalue weighted by Crippen LogP contribution is -2.05. The zero-order valence-electron chi connectivity index (χ0n) is 6.57. The fourth-order valence-electron chi connectivity index (χ4n) is 0.879. The average Bonchev–Trinajstić information content (AvgIpc) is 2.17. The van der Waals surface area contributed by atoms with Crippen molar-refractivity contribution < 1.29 is 22.4 Å². The molecule has 0 spiro atoms. The van der Waals surface area contributed by atoms with Gasteiger partial charge >= 0.3 is 0 Å². The molecule has 0 bridgehead atoms. The highest BCUT2D eigenvalue weighted by Crippen LogP contribution is 2.22. The van der Waals surface area contributed by atoms with Crippen LogP contribution in [0.4, 0.5) is 17.6 Å². The maximum Gasteiger partial charge on any atom is 0.178 e. The van der Waals surface area contributed by atoms with E-state index in [4.69, 9.17) is 0 Å². The summed E-state index contributed by atoms with van der Waals surface area (Å²) in [5, 5.41) is 0. The number of hydrogen-bond donors (Lipinski definition) is 0. The summed E-state index contributed by atoms with van der Waals surface area (Å²) in [6.07, 6.45) is 4.31. The van der Waals surface area contributed by atoms with Crippen molar-refractivity contribution in [3.05, 3.63) is 34.4 Å². The van der Waals surface area contributed by atoms with Crippen LogP contribution in [-0.4, -0.2) is 6.29 Å². The van der Waals surface area contributed by atoms with Crippen LogP contribution in [0, 0.1) is 35.6 Å². The molecule has 0 amide bonds. The number of hydrogen-bond acceptors (Lipinski definition) is 1. The second kappa shape index (κ2) is 3.50. The van der Waals surface area contributed by atoms with E-state index < -0.39 is 34.4 Å². The van der Waals surface area contributed by atoms with Gasteiger partial charge in [-0.25, -0.2) is 17.6 Å². The summed E-state index contributed by atoms with van der Waals surface area (Å²) < 4.78 is 51.2. The van der Waals surface area contributed by atoms with E-state index in [2.05, 4.69) is 6.42 Å². The molecule has 0 saturated heterocycles. The molecule has 1 rings (SSSR count). The second-order valence-electron chi connectivity index (χ2n) is 2.31. The molecule has 14 heavy (non-hydrogen) atoms. The van der Waals surface area contributed by atoms with E-state index in [1.807, 2.05) is 0 Å². The third-order valence-corrected chi connectivity index (χ3v) is 1.56. The largest absolute Gasteiger partial charge is 0.298 e. The number of carbonyl (C=O) groups excluding carboxylic acids is 1. The third-order valence-electron chi connectivity index (χ3n) is 1.56. The van der Waals surface area contributed by atoms with Crippen LogP contribution in [0.3, 0.4) is 0 Å². The molecule has 0 N–H and O–H groups in total. The van der Waals surface area contributed by atoms with E-state index in [0.717, 1.165) is 0 Å². The predicted octanol–water partition coefficient (Wildman–Crippen LogP) is 2.04. The van der Waals surface area contributed by atoms with Gasteiger partial charge in [-0.15, -0.1) is 6.42 Å². The van der Waals surface area contributed by atoms with E-state index in [0.29, 0.717) is 0 Å². The minimum Gasteiger partial charge on any atom is -0.298 e. The molecule has 5 heteroatoms. The molecule has 1 aromatic carbocycles. The number of terminal acetylenes is 1. The summed E-state index contributed by atoms with van der Waals surface area (Å²) in [6.45, 7) is 0. The molecule has 0 heterocycles. The highest BCUT2D eigenvalue weighted by Gasteiger charge is 2.23. The van der Waals surface area contributed by atoms with E-state index in [-0.39, 0.29) is 6.29 Å². The first kappa shape index (κ1) is 10.3. The summed E-state index contributed by atoms with van der Waals surface area (Å²) >= 11 is 0. The molecule has 1 nitrogen and oxygen atoms in total. The van der Waals surface area contributed by atoms with Crippen molar-refractivity contribution in [1.29, 1.82) is 0 Å². The fraction of sp³-hybridized carbons (Fsp3) is 0. The van der Waals surface area contributed by atoms with E-state index in [1.54, 1.807) is 0 Å². The number of rotatable bonds is 1. The topological polar surface area (TPSA) is 17.1 Å². The van der Waals surface area contributed by atoms with E-state index >= 15 is 0 Å². The first-order valence-corrected chi connectivity index (χ1v) is 3.32. The zero-order chi connectivity index (χ0) is 10.9. The summed E-state index contributed by atoms with van der Waals surface area (Å²) in [4.78, 5) is 10.1. The van der Waals surface area contributed by atoms with Crippen molar-refractivity contribution in [2.45, 2.75) is 0 Å². The van der Waals surface area contributed by atoms with Gasteiger partial charge in [-0.3, -0.25) is 4.79 Å². The van der Waals surface area contributed by atoms with Crippen LogP contribution in [0.15, 0.2) is 0 Å². The molecule has 0 radical (unpaired) electrons. The lowest BCUT2D eigenvalue weighted by atomic mass is 10.1. The van der Waals surface area contributed by atoms with Crippen LogP contribution < -0.4 is 0 Å². The molecule has 0 atom stereocenters. The van der Waals surface area contributed by atoms with Gasteiger partial charge in [0.1, 0.15) is 5.56 Å². The van der Waals surface area contributed by atoms with Gasteiger partial charge in [0.25, 0.3) is 0 Å². The second-order valence-corrected chi connectivity index (χ2v) is 2.31. The zero-order valence-corrected chi connectivity index (χ0v) is 6.57. The Morgan fingerprint density at radius 3 is 1.71 bits per heavy atom. The van der Waals surface area contributed by atoms with Gasteiger partial charge in [-0.1, -0.05) is 5.92 Å². The smallest absolute Gasteiger partial charge is 0.178 e. The Labute approximate surface area is 76.3 Å². The molecular weight excluding hydrogens is 200 g/mol. The molecule has 0 aliphatic heterocycles. The molecule has 0 aliphatic carbocycles. The van der Waals surface area contributed by atoms with E-state index in [1.165, 1.54) is 5.92 Å². The maximum absolute atomic E-state index is 12.8. The Hall–Kier alpha value is -1.83. The highest BCUT2D eigenvalue weighted by molar-refractivity contribution is 5.76. The SMILES string of the molecule is C#Cc1c(F)c(F)c(C=O)c(F)c1F. The van der Waals surface area contributed by atoms with Gasteiger partial charge in [0.2, 0.25) is 0 Å². The van der Waals surface area contributed by atoms with Crippen molar-refractivity contribution in [3.8, 4) is 12.3 Å². The Morgan fingerprint density at radius 2 is 1.43 bits per heavy atom. The quantitative estimate of drug-likeness (QED) is 0.295. The van der Waals surface area contributed by atoms with Crippen LogP contribution >= 0.6 is 0 Å². The fourth-order valence-corrected chi connectivity index (χ4v) is 0.879. The lowest BCUT2D eigenvalue weighted by molar-refractivity contribution is 0.111. The first-order chi connectivity index (χ1) is 6.54. The standard InChI is InChI=1S/C9H2F4O/c1-2-4-6(10)8(12)5(3-14)9(13)7(4)11/h1,3H. The third kappa shape index (κ3) is 1.25. The van der Waals surface area contributed by atoms with Crippen molar-refractivity contribution in [3.63, 3.8) is 0 Å². The number of carbonyl (C=O) groups is 1. The summed E-state index contributed by atoms with van der Waals surface area (Å²) in [5.41, 5.74) is -2.47. The molecular formula is C9H2F4O. The predicted molar refractivity (Wildman–Crippen MR) is 39.6 cm³/mol. The van der Waals surface area contributed by atoms with Crippen LogP contribution in [0.5, 0.6) is 0 Å². The van der Waals surface area contributed by atoms with Crippen LogP contribution in [-0.2, 0) is 0 Å². The summed E-state index contributed by atoms with van der Waals surface area (Å²) in [7, 11) is 0. The summed E-state index contributed by atoms with van der Waals surface area (Å²) in [6, 6.07) is 0. The number of benzene rings is 1. The molecule has 0 unspecified atom stereocenters. The van der Waals surface area contributed by atoms with Crippen molar-refractivity contribution in [2.75, 3.05) is 0 Å². The Morgan fingerprint density at radius 1 is 1.00 bits per heavy atom. The van der Waals surface area contributed by atoms with Crippen molar-refractivity contribution >= 4 is 6.29 Å². The molecule has 72 valence electrons. The molecule has 0 fully saturated rings. The average molecular weight is 202 g/mol. The molecule has 0 saturated carbocycles. The van der Waals surface area contributed by atoms with Gasteiger partial charge in [0.05, 0.1) is 5.56 Å². The van der Waals surface area contributed by atoms with Crippen LogP contribution in [0.1, 0.15) is 15.9 Å². The summed E-state index contributed by atoms with van der Waals surface area (Å²) in [5.74, 6) is -5.60. The first-order valence-electron chi connectivity index (χ1n) is 3.32.